The molecule has 0 aliphatic rings. The van der Waals surface area contributed by atoms with Crippen molar-refractivity contribution >= 4 is 29.1 Å². The summed E-state index contributed by atoms with van der Waals surface area (Å²) in [5.74, 6) is -2.04. The Kier molecular flexibility index (Phi) is 6.00. The second-order valence-corrected chi connectivity index (χ2v) is 5.44. The lowest BCUT2D eigenvalue weighted by molar-refractivity contribution is -0.149. The zero-order valence-corrected chi connectivity index (χ0v) is 13.9. The van der Waals surface area contributed by atoms with Gasteiger partial charge >= 0.3 is 5.97 Å². The topological polar surface area (TPSA) is 72.8 Å². The Balaban J connectivity index is 3.43. The largest absolute Gasteiger partial charge is 0.507 e. The number of aliphatic hydroxyl groups is 1. The van der Waals surface area contributed by atoms with Crippen molar-refractivity contribution in [3.63, 3.8) is 0 Å². The molecule has 6 heteroatoms. The first-order valence-corrected chi connectivity index (χ1v) is 7.06. The molecule has 22 heavy (non-hydrogen) atoms. The summed E-state index contributed by atoms with van der Waals surface area (Å²) in [6.07, 6.45) is 0.662. The van der Waals surface area contributed by atoms with Gasteiger partial charge in [-0.05, 0) is 44.9 Å². The number of ether oxygens (including phenoxy) is 2. The summed E-state index contributed by atoms with van der Waals surface area (Å²) in [5.41, 5.74) is 1.62. The second-order valence-electron chi connectivity index (χ2n) is 5.06. The molecule has 0 unspecified atom stereocenters. The number of rotatable bonds is 5. The fourth-order valence-electron chi connectivity index (χ4n) is 1.94. The van der Waals surface area contributed by atoms with Crippen molar-refractivity contribution in [2.75, 3.05) is 7.11 Å². The number of esters is 1. The van der Waals surface area contributed by atoms with Crippen LogP contribution in [0.4, 0.5) is 0 Å². The van der Waals surface area contributed by atoms with E-state index >= 15 is 0 Å². The van der Waals surface area contributed by atoms with Crippen LogP contribution in [0.15, 0.2) is 12.1 Å². The van der Waals surface area contributed by atoms with Gasteiger partial charge in [-0.1, -0.05) is 11.6 Å². The maximum atomic E-state index is 11.6. The van der Waals surface area contributed by atoms with Gasteiger partial charge in [-0.25, -0.2) is 4.79 Å². The molecule has 5 nitrogen and oxygen atoms in total. The van der Waals surface area contributed by atoms with Crippen molar-refractivity contribution in [3.05, 3.63) is 33.9 Å². The van der Waals surface area contributed by atoms with E-state index in [0.29, 0.717) is 16.3 Å². The van der Waals surface area contributed by atoms with Crippen LogP contribution in [0.1, 0.15) is 30.5 Å². The third-order valence-corrected chi connectivity index (χ3v) is 3.50. The predicted molar refractivity (Wildman–Crippen MR) is 84.3 cm³/mol. The molecule has 0 radical (unpaired) electrons. The van der Waals surface area contributed by atoms with Gasteiger partial charge in [0.25, 0.3) is 5.78 Å². The van der Waals surface area contributed by atoms with Gasteiger partial charge in [0.2, 0.25) is 0 Å². The molecule has 0 heterocycles. The number of hydrogen-bond acceptors (Lipinski definition) is 5. The SMILES string of the molecule is COC(=O)C(=O)/C=C(\O)c1c(OC(C)C)cc(C)c(Cl)c1C. The summed E-state index contributed by atoms with van der Waals surface area (Å²) in [5, 5.41) is 10.7. The van der Waals surface area contributed by atoms with E-state index in [2.05, 4.69) is 4.74 Å². The summed E-state index contributed by atoms with van der Waals surface area (Å²) >= 11 is 6.19. The third kappa shape index (κ3) is 4.01. The highest BCUT2D eigenvalue weighted by Crippen LogP contribution is 2.35. The van der Waals surface area contributed by atoms with Crippen molar-refractivity contribution in [2.45, 2.75) is 33.8 Å². The van der Waals surface area contributed by atoms with E-state index in [9.17, 15) is 14.7 Å². The number of carbonyl (C=O) groups excluding carboxylic acids is 2. The highest BCUT2D eigenvalue weighted by molar-refractivity contribution is 6.39. The molecule has 1 N–H and O–H groups in total. The summed E-state index contributed by atoms with van der Waals surface area (Å²) in [4.78, 5) is 22.7. The minimum absolute atomic E-state index is 0.136. The highest BCUT2D eigenvalue weighted by atomic mass is 35.5. The molecule has 0 aromatic heterocycles. The van der Waals surface area contributed by atoms with Crippen LogP contribution in [0.5, 0.6) is 5.75 Å². The molecule has 0 aliphatic carbocycles. The van der Waals surface area contributed by atoms with Crippen molar-refractivity contribution < 1.29 is 24.2 Å². The summed E-state index contributed by atoms with van der Waals surface area (Å²) in [7, 11) is 1.09. The summed E-state index contributed by atoms with van der Waals surface area (Å²) < 4.78 is 9.98. The van der Waals surface area contributed by atoms with E-state index in [1.165, 1.54) is 0 Å². The minimum Gasteiger partial charge on any atom is -0.507 e. The Bertz CT molecular complexity index is 632. The monoisotopic (exact) mass is 326 g/mol. The van der Waals surface area contributed by atoms with E-state index in [1.54, 1.807) is 13.0 Å². The Labute approximate surface area is 134 Å². The van der Waals surface area contributed by atoms with Crippen molar-refractivity contribution in [3.8, 4) is 5.75 Å². The van der Waals surface area contributed by atoms with Crippen LogP contribution in [0.2, 0.25) is 5.02 Å². The predicted octanol–water partition coefficient (Wildman–Crippen LogP) is 3.39. The molecule has 0 amide bonds. The van der Waals surface area contributed by atoms with E-state index in [1.807, 2.05) is 20.8 Å². The quantitative estimate of drug-likeness (QED) is 0.388. The van der Waals surface area contributed by atoms with E-state index in [-0.39, 0.29) is 11.7 Å². The first kappa shape index (κ1) is 18.0. The lowest BCUT2D eigenvalue weighted by atomic mass is 10.0. The Morgan fingerprint density at radius 1 is 1.32 bits per heavy atom. The Morgan fingerprint density at radius 2 is 1.91 bits per heavy atom. The molecule has 0 bridgehead atoms. The molecule has 0 saturated carbocycles. The standard InChI is InChI=1S/C16H19ClO5/c1-8(2)22-13-6-9(3)15(17)10(4)14(13)11(18)7-12(19)16(20)21-5/h6-8,18H,1-5H3/b11-7-. The zero-order chi connectivity index (χ0) is 17.0. The fourth-order valence-corrected chi connectivity index (χ4v) is 2.09. The second kappa shape index (κ2) is 7.31. The average Bonchev–Trinajstić information content (AvgIpc) is 2.43. The Morgan fingerprint density at radius 3 is 2.41 bits per heavy atom. The van der Waals surface area contributed by atoms with Gasteiger partial charge in [0.1, 0.15) is 11.5 Å². The highest BCUT2D eigenvalue weighted by Gasteiger charge is 2.20. The number of halogens is 1. The van der Waals surface area contributed by atoms with Gasteiger partial charge in [-0.2, -0.15) is 0 Å². The van der Waals surface area contributed by atoms with Gasteiger partial charge in [-0.3, -0.25) is 4.79 Å². The Hall–Kier alpha value is -2.01. The maximum absolute atomic E-state index is 11.6. The first-order valence-electron chi connectivity index (χ1n) is 6.68. The maximum Gasteiger partial charge on any atom is 0.378 e. The number of hydrogen-bond donors (Lipinski definition) is 1. The van der Waals surface area contributed by atoms with E-state index < -0.39 is 17.5 Å². The zero-order valence-electron chi connectivity index (χ0n) is 13.2. The van der Waals surface area contributed by atoms with Gasteiger partial charge in [0, 0.05) is 11.1 Å². The van der Waals surface area contributed by atoms with Gasteiger partial charge in [0.05, 0.1) is 18.8 Å². The number of ketones is 1. The minimum atomic E-state index is -1.06. The normalized spacial score (nSPS) is 11.5. The average molecular weight is 327 g/mol. The van der Waals surface area contributed by atoms with Crippen LogP contribution < -0.4 is 4.74 Å². The van der Waals surface area contributed by atoms with Crippen molar-refractivity contribution in [2.24, 2.45) is 0 Å². The number of methoxy groups -OCH3 is 1. The first-order chi connectivity index (χ1) is 10.2. The molecule has 0 fully saturated rings. The van der Waals surface area contributed by atoms with Gasteiger partial charge < -0.3 is 14.6 Å². The number of aryl methyl sites for hydroxylation is 1. The van der Waals surface area contributed by atoms with Crippen LogP contribution in [0.3, 0.4) is 0 Å². The van der Waals surface area contributed by atoms with Crippen LogP contribution in [-0.2, 0) is 14.3 Å². The van der Waals surface area contributed by atoms with Gasteiger partial charge in [0.15, 0.2) is 0 Å². The molecule has 1 aromatic carbocycles. The van der Waals surface area contributed by atoms with E-state index in [4.69, 9.17) is 16.3 Å². The molecule has 1 rings (SSSR count). The number of carbonyl (C=O) groups is 2. The van der Waals surface area contributed by atoms with Crippen LogP contribution in [0, 0.1) is 13.8 Å². The fraction of sp³-hybridized carbons (Fsp3) is 0.375. The molecule has 0 atom stereocenters. The number of aliphatic hydroxyl groups excluding tert-OH is 1. The lowest BCUT2D eigenvalue weighted by Gasteiger charge is -2.18. The van der Waals surface area contributed by atoms with Crippen molar-refractivity contribution in [1.82, 2.24) is 0 Å². The summed E-state index contributed by atoms with van der Waals surface area (Å²) in [6, 6.07) is 1.68. The smallest absolute Gasteiger partial charge is 0.378 e. The number of benzene rings is 1. The van der Waals surface area contributed by atoms with E-state index in [0.717, 1.165) is 18.7 Å². The molecule has 0 aliphatic heterocycles. The molecule has 0 saturated heterocycles. The lowest BCUT2D eigenvalue weighted by Crippen LogP contribution is -2.14. The molecular weight excluding hydrogens is 308 g/mol. The van der Waals surface area contributed by atoms with Gasteiger partial charge in [-0.15, -0.1) is 0 Å². The van der Waals surface area contributed by atoms with Crippen molar-refractivity contribution in [1.29, 1.82) is 0 Å². The van der Waals surface area contributed by atoms with Crippen LogP contribution in [-0.4, -0.2) is 30.1 Å². The summed E-state index contributed by atoms with van der Waals surface area (Å²) in [6.45, 7) is 7.18. The van der Waals surface area contributed by atoms with Crippen LogP contribution in [0.25, 0.3) is 5.76 Å². The van der Waals surface area contributed by atoms with Crippen LogP contribution >= 0.6 is 11.6 Å². The molecule has 1 aromatic rings. The third-order valence-electron chi connectivity index (χ3n) is 2.92. The molecular formula is C16H19ClO5. The molecule has 120 valence electrons. The molecule has 0 spiro atoms.